The molecule has 1 aliphatic heterocycles. The third kappa shape index (κ3) is 8.98. The summed E-state index contributed by atoms with van der Waals surface area (Å²) in [6, 6.07) is 12.4. The number of nitrogens with one attached hydrogen (secondary N) is 2. The van der Waals surface area contributed by atoms with E-state index >= 15 is 0 Å². The summed E-state index contributed by atoms with van der Waals surface area (Å²) in [4.78, 5) is 42.6. The van der Waals surface area contributed by atoms with Gasteiger partial charge in [0, 0.05) is 0 Å². The Morgan fingerprint density at radius 3 is 2.43 bits per heavy atom. The van der Waals surface area contributed by atoms with Crippen LogP contribution in [0.3, 0.4) is 0 Å². The van der Waals surface area contributed by atoms with Gasteiger partial charge in [0.2, 0.25) is 0 Å². The molecule has 0 amide bonds. The van der Waals surface area contributed by atoms with Gasteiger partial charge in [0.1, 0.15) is 0 Å². The number of carbonyl (C=O) groups excluding carboxylic acids is 2. The Bertz CT molecular complexity index is 2280. The fraction of sp³-hybridized carbons (Fsp3) is 0.424. The third-order valence-corrected chi connectivity index (χ3v) is 18.3. The van der Waals surface area contributed by atoms with Crippen molar-refractivity contribution in [3.05, 3.63) is 71.0 Å². The van der Waals surface area contributed by atoms with Crippen LogP contribution in [0.4, 0.5) is 11.8 Å². The van der Waals surface area contributed by atoms with Gasteiger partial charge in [-0.2, -0.15) is 0 Å². The number of hydrogen-bond donors (Lipinski definition) is 4. The number of nitrogens with two attached hydrogens (primary N) is 1. The van der Waals surface area contributed by atoms with Gasteiger partial charge in [-0.15, -0.1) is 0 Å². The first-order valence-electron chi connectivity index (χ1n) is 16.3. The van der Waals surface area contributed by atoms with Crippen LogP contribution in [0.1, 0.15) is 40.3 Å². The Balaban J connectivity index is 1.41. The number of carbonyl (C=O) groups is 1. The van der Waals surface area contributed by atoms with E-state index in [0.29, 0.717) is 0 Å². The predicted octanol–water partition coefficient (Wildman–Crippen LogP) is 3.46. The Labute approximate surface area is 316 Å². The van der Waals surface area contributed by atoms with Gasteiger partial charge >= 0.3 is 286 Å². The number of alkyl halides is 3. The van der Waals surface area contributed by atoms with Crippen molar-refractivity contribution in [1.29, 1.82) is 0 Å². The molecular formula is C33H44IN8O10PS. The van der Waals surface area contributed by atoms with Crippen LogP contribution in [0.15, 0.2) is 48.8 Å². The summed E-state index contributed by atoms with van der Waals surface area (Å²) in [5.41, 5.74) is 8.21. The second-order valence-electron chi connectivity index (χ2n) is 13.4. The third-order valence-electron chi connectivity index (χ3n) is 8.45. The van der Waals surface area contributed by atoms with Gasteiger partial charge in [0.25, 0.3) is 0 Å². The molecular weight excluding hydrogens is 858 g/mol. The number of sulfonamides is 1. The molecule has 1 fully saturated rings. The number of nitrogens with zero attached hydrogens (tertiary/aromatic N) is 5. The summed E-state index contributed by atoms with van der Waals surface area (Å²) in [6.07, 6.45) is 1.02. The van der Waals surface area contributed by atoms with E-state index in [2.05, 4.69) is 24.9 Å². The molecule has 0 spiro atoms. The fourth-order valence-corrected chi connectivity index (χ4v) is 13.6. The molecule has 5 N–H and O–H groups in total. The molecule has 1 aliphatic rings. The van der Waals surface area contributed by atoms with Crippen molar-refractivity contribution < 1.29 is 46.2 Å². The summed E-state index contributed by atoms with van der Waals surface area (Å²) in [7, 11) is -6.80. The van der Waals surface area contributed by atoms with Crippen LogP contribution in [0, 0.1) is 20.8 Å². The maximum atomic E-state index is 14.5. The number of nitrogen functional groups attached to an aromatic ring is 1. The van der Waals surface area contributed by atoms with E-state index in [1.807, 2.05) is 42.8 Å². The molecule has 0 bridgehead atoms. The average Bonchev–Trinajstić information content (AvgIpc) is 3.60. The SMILES string of the molecule is Cc1ccc(OP(=O)(NC(C)(C)C(=O)OCc2c(C)cccc2C)OCC2OC(n3cnc4c(N(C)NS(C)(=O)=O)nc(N)nc43)I(C)(=C=O)[C@@H]2O)cc1. The number of imidazole rings is 1. The summed E-state index contributed by atoms with van der Waals surface area (Å²) in [6.45, 7) is 8.04. The second-order valence-corrected chi connectivity index (χ2v) is 25.1. The van der Waals surface area contributed by atoms with Crippen LogP contribution < -0.4 is 25.2 Å². The number of aliphatic hydroxyl groups is 1. The van der Waals surface area contributed by atoms with Crippen molar-refractivity contribution in [1.82, 2.24) is 29.4 Å². The van der Waals surface area contributed by atoms with Gasteiger partial charge in [0.05, 0.1) is 0 Å². The van der Waals surface area contributed by atoms with Crippen molar-refractivity contribution in [3.8, 4) is 5.75 Å². The van der Waals surface area contributed by atoms with E-state index in [-0.39, 0.29) is 35.3 Å². The van der Waals surface area contributed by atoms with Crippen LogP contribution in [0.2, 0.25) is 0 Å². The van der Waals surface area contributed by atoms with Crippen molar-refractivity contribution >= 4 is 68.5 Å². The Morgan fingerprint density at radius 2 is 1.81 bits per heavy atom. The number of anilines is 2. The summed E-state index contributed by atoms with van der Waals surface area (Å²) in [5.74, 6) is -0.794. The first-order chi connectivity index (χ1) is 25.2. The number of fused-ring (bicyclic) bond motifs is 1. The minimum atomic E-state index is -4.47. The van der Waals surface area contributed by atoms with Crippen molar-refractivity contribution in [2.45, 2.75) is 61.2 Å². The topological polar surface area (TPSA) is 239 Å². The predicted molar refractivity (Wildman–Crippen MR) is 210 cm³/mol. The number of aromatic nitrogens is 4. The van der Waals surface area contributed by atoms with E-state index in [1.54, 1.807) is 29.2 Å². The molecule has 5 rings (SSSR count). The van der Waals surface area contributed by atoms with Gasteiger partial charge < -0.3 is 0 Å². The molecule has 21 heteroatoms. The van der Waals surface area contributed by atoms with Crippen molar-refractivity contribution in [3.63, 3.8) is 0 Å². The van der Waals surface area contributed by atoms with E-state index in [0.717, 1.165) is 33.5 Å². The molecule has 1 saturated heterocycles. The normalized spacial score (nSPS) is 22.6. The number of aryl methyl sites for hydroxylation is 3. The van der Waals surface area contributed by atoms with Crippen molar-refractivity contribution in [2.24, 2.45) is 0 Å². The molecule has 4 aromatic rings. The monoisotopic (exact) mass is 902 g/mol. The Morgan fingerprint density at radius 1 is 1.17 bits per heavy atom. The minimum absolute atomic E-state index is 0.0129. The quantitative estimate of drug-likeness (QED) is 0.0466. The zero-order valence-corrected chi connectivity index (χ0v) is 34.8. The van der Waals surface area contributed by atoms with Gasteiger partial charge in [-0.25, -0.2) is 0 Å². The fourth-order valence-electron chi connectivity index (χ4n) is 5.57. The average molecular weight is 903 g/mol. The molecule has 0 aliphatic carbocycles. The number of halogens is 1. The number of hydrogen-bond acceptors (Lipinski definition) is 15. The molecule has 54 heavy (non-hydrogen) atoms. The van der Waals surface area contributed by atoms with Crippen LogP contribution >= 0.6 is 25.7 Å². The Kier molecular flexibility index (Phi) is 12.0. The van der Waals surface area contributed by atoms with Crippen molar-refractivity contribution in [2.75, 3.05) is 35.6 Å². The van der Waals surface area contributed by atoms with Crippen LogP contribution in [-0.4, -0.2) is 83.5 Å². The zero-order chi connectivity index (χ0) is 39.8. The van der Waals surface area contributed by atoms with Gasteiger partial charge in [-0.1, -0.05) is 18.2 Å². The van der Waals surface area contributed by atoms with E-state index in [9.17, 15) is 27.7 Å². The molecule has 2 aromatic heterocycles. The van der Waals surface area contributed by atoms with E-state index in [4.69, 9.17) is 24.3 Å². The maximum absolute atomic E-state index is 14.5. The molecule has 294 valence electrons. The number of esters is 1. The standard InChI is InChI=1S/C33H44IN8O10PS/c1-20-12-14-23(15-13-20)52-53(46,39-33(4,5)30(45)49-16-24-21(2)10-9-11-22(24)3)50-17-25-27(44)34(6,18-43)31(51-25)42-19-36-26-28(37-32(35)38-29(26)42)41(7)40-54(8,47)48/h9-15,19,25,27,31,40,44H,16-17H2,1-8H3,(H,39,46)(H2,35,37,38)/t25?,27-,31?,53?/m1/s1. The first kappa shape index (κ1) is 41.3. The van der Waals surface area contributed by atoms with Crippen LogP contribution in [-0.2, 0) is 44.8 Å². The van der Waals surface area contributed by atoms with E-state index < -0.39 is 68.3 Å². The molecule has 3 heterocycles. The first-order valence-corrected chi connectivity index (χ1v) is 25.5. The van der Waals surface area contributed by atoms with Crippen LogP contribution in [0.5, 0.6) is 5.75 Å². The number of hydrazine groups is 1. The van der Waals surface area contributed by atoms with Gasteiger partial charge in [-0.05, 0) is 13.8 Å². The molecule has 0 radical (unpaired) electrons. The summed E-state index contributed by atoms with van der Waals surface area (Å²) in [5, 5.41) is 15.4. The Hall–Kier alpha value is -3.85. The molecule has 18 nitrogen and oxygen atoms in total. The number of aliphatic hydroxyl groups excluding tert-OH is 1. The molecule has 5 atom stereocenters. The zero-order valence-electron chi connectivity index (χ0n) is 30.9. The summed E-state index contributed by atoms with van der Waals surface area (Å²) >= 11 is -4.21. The second kappa shape index (κ2) is 15.7. The summed E-state index contributed by atoms with van der Waals surface area (Å²) < 4.78 is 62.9. The van der Waals surface area contributed by atoms with Crippen LogP contribution in [0.25, 0.3) is 11.2 Å². The number of rotatable bonds is 14. The van der Waals surface area contributed by atoms with E-state index in [1.165, 1.54) is 31.8 Å². The molecule has 0 saturated carbocycles. The molecule has 2 aromatic carbocycles. The number of ether oxygens (including phenoxy) is 2. The van der Waals surface area contributed by atoms with Gasteiger partial charge in [-0.3, -0.25) is 0 Å². The number of benzene rings is 2. The van der Waals surface area contributed by atoms with Gasteiger partial charge in [0.15, 0.2) is 0 Å². The molecule has 4 unspecified atom stereocenters.